The van der Waals surface area contributed by atoms with Gasteiger partial charge in [-0.1, -0.05) is 24.3 Å². The minimum Gasteiger partial charge on any atom is -0.355 e. The summed E-state index contributed by atoms with van der Waals surface area (Å²) >= 11 is 6.53. The van der Waals surface area contributed by atoms with Gasteiger partial charge in [0.05, 0.1) is 4.88 Å². The molecule has 3 heterocycles. The van der Waals surface area contributed by atoms with Crippen LogP contribution in [-0.2, 0) is 6.42 Å². The average molecular weight is 529 g/mol. The van der Waals surface area contributed by atoms with E-state index in [1.165, 1.54) is 11.3 Å². The second-order valence-corrected chi connectivity index (χ2v) is 10.3. The van der Waals surface area contributed by atoms with E-state index in [-0.39, 0.29) is 18.1 Å². The normalized spacial score (nSPS) is 13.6. The van der Waals surface area contributed by atoms with Crippen LogP contribution in [-0.4, -0.2) is 52.0 Å². The molecule has 1 aliphatic rings. The number of amides is 1. The minimum atomic E-state index is -0.277. The van der Waals surface area contributed by atoms with Crippen LogP contribution in [0.25, 0.3) is 0 Å². The van der Waals surface area contributed by atoms with Crippen LogP contribution in [0.2, 0.25) is 0 Å². The highest BCUT2D eigenvalue weighted by molar-refractivity contribution is 9.10. The van der Waals surface area contributed by atoms with Gasteiger partial charge in [0.1, 0.15) is 11.7 Å². The third kappa shape index (κ3) is 5.46. The van der Waals surface area contributed by atoms with E-state index in [2.05, 4.69) is 31.1 Å². The fourth-order valence-electron chi connectivity index (χ4n) is 3.36. The maximum atomic E-state index is 12.9. The van der Waals surface area contributed by atoms with Crippen molar-refractivity contribution in [3.05, 3.63) is 80.1 Å². The first-order valence-corrected chi connectivity index (χ1v) is 12.9. The first kappa shape index (κ1) is 22.7. The summed E-state index contributed by atoms with van der Waals surface area (Å²) in [4.78, 5) is 32.3. The zero-order valence-corrected chi connectivity index (χ0v) is 20.4. The number of thioether (sulfide) groups is 1. The third-order valence-electron chi connectivity index (χ3n) is 5.08. The lowest BCUT2D eigenvalue weighted by atomic mass is 10.0. The van der Waals surface area contributed by atoms with E-state index in [4.69, 9.17) is 5.41 Å². The summed E-state index contributed by atoms with van der Waals surface area (Å²) < 4.78 is 0.828. The van der Waals surface area contributed by atoms with Crippen molar-refractivity contribution in [2.45, 2.75) is 6.42 Å². The Labute approximate surface area is 203 Å². The highest BCUT2D eigenvalue weighted by atomic mass is 79.9. The van der Waals surface area contributed by atoms with Crippen LogP contribution in [0, 0.1) is 5.41 Å². The molecule has 0 aliphatic carbocycles. The zero-order valence-electron chi connectivity index (χ0n) is 17.1. The van der Waals surface area contributed by atoms with Gasteiger partial charge in [0.25, 0.3) is 5.91 Å². The molecule has 0 saturated carbocycles. The summed E-state index contributed by atoms with van der Waals surface area (Å²) in [6, 6.07) is 12.5. The van der Waals surface area contributed by atoms with Crippen molar-refractivity contribution in [3.8, 4) is 0 Å². The van der Waals surface area contributed by atoms with E-state index < -0.39 is 0 Å². The van der Waals surface area contributed by atoms with Gasteiger partial charge in [-0.3, -0.25) is 15.0 Å². The fourth-order valence-corrected chi connectivity index (χ4v) is 5.31. The third-order valence-corrected chi connectivity index (χ3v) is 7.45. The molecule has 1 amide bonds. The first-order valence-electron chi connectivity index (χ1n) is 10.1. The molecule has 0 bridgehead atoms. The first-order chi connectivity index (χ1) is 15.5. The van der Waals surface area contributed by atoms with E-state index >= 15 is 0 Å². The molecule has 1 fully saturated rings. The number of carbonyl (C=O) groups is 2. The Bertz CT molecular complexity index is 1120. The number of anilines is 1. The molecule has 2 N–H and O–H groups in total. The highest BCUT2D eigenvalue weighted by Crippen LogP contribution is 2.21. The number of Topliss-reactive ketones (excluding diaryl/α,β-unsaturated/α-hetero) is 1. The number of nitrogens with one attached hydrogen (secondary N) is 2. The van der Waals surface area contributed by atoms with Gasteiger partial charge >= 0.3 is 0 Å². The summed E-state index contributed by atoms with van der Waals surface area (Å²) in [5.41, 5.74) is 2.08. The van der Waals surface area contributed by atoms with E-state index in [1.54, 1.807) is 30.5 Å². The van der Waals surface area contributed by atoms with Gasteiger partial charge in [-0.25, -0.2) is 4.98 Å². The van der Waals surface area contributed by atoms with Gasteiger partial charge < -0.3 is 10.2 Å². The van der Waals surface area contributed by atoms with Crippen LogP contribution < -0.4 is 5.32 Å². The van der Waals surface area contributed by atoms with Gasteiger partial charge in [0, 0.05) is 52.8 Å². The summed E-state index contributed by atoms with van der Waals surface area (Å²) in [5.74, 6) is 2.69. The quantitative estimate of drug-likeness (QED) is 0.268. The molecular formula is C23H21BrN4O2S2. The van der Waals surface area contributed by atoms with Gasteiger partial charge in [0.15, 0.2) is 5.78 Å². The molecule has 3 aromatic rings. The predicted octanol–water partition coefficient (Wildman–Crippen LogP) is 4.96. The standard InChI is InChI=1S/C23H21BrN4O2S2/c24-18-5-6-20(26-14-18)27-23(30)21-17(7-10-32-21)13-19(29)15-1-3-16(4-2-15)22(25)28-8-11-31-12-9-28/h1-7,10,14,25H,8-9,11-13H2,(H,26,27,30). The Morgan fingerprint density at radius 1 is 1.06 bits per heavy atom. The molecule has 1 aromatic carbocycles. The molecule has 1 aliphatic heterocycles. The second-order valence-electron chi connectivity index (χ2n) is 7.22. The number of ketones is 1. The molecule has 0 spiro atoms. The summed E-state index contributed by atoms with van der Waals surface area (Å²) in [5, 5.41) is 13.0. The smallest absolute Gasteiger partial charge is 0.267 e. The molecule has 164 valence electrons. The number of rotatable bonds is 6. The molecule has 4 rings (SSSR count). The monoisotopic (exact) mass is 528 g/mol. The molecule has 9 heteroatoms. The van der Waals surface area contributed by atoms with Crippen LogP contribution in [0.3, 0.4) is 0 Å². The predicted molar refractivity (Wildman–Crippen MR) is 134 cm³/mol. The average Bonchev–Trinajstić information content (AvgIpc) is 3.29. The van der Waals surface area contributed by atoms with Gasteiger partial charge in [-0.05, 0) is 45.1 Å². The maximum absolute atomic E-state index is 12.9. The molecule has 32 heavy (non-hydrogen) atoms. The zero-order chi connectivity index (χ0) is 22.5. The van der Waals surface area contributed by atoms with E-state index in [9.17, 15) is 9.59 Å². The lowest BCUT2D eigenvalue weighted by Gasteiger charge is -2.28. The Kier molecular flexibility index (Phi) is 7.39. The SMILES string of the molecule is N=C(c1ccc(C(=O)Cc2ccsc2C(=O)Nc2ccc(Br)cn2)cc1)N1CCSCC1. The van der Waals surface area contributed by atoms with Gasteiger partial charge in [-0.15, -0.1) is 11.3 Å². The van der Waals surface area contributed by atoms with Crippen molar-refractivity contribution in [2.24, 2.45) is 0 Å². The molecule has 0 unspecified atom stereocenters. The Balaban J connectivity index is 1.41. The molecule has 0 radical (unpaired) electrons. The molecular weight excluding hydrogens is 508 g/mol. The second kappa shape index (κ2) is 10.4. The maximum Gasteiger partial charge on any atom is 0.267 e. The van der Waals surface area contributed by atoms with Crippen molar-refractivity contribution in [1.29, 1.82) is 5.41 Å². The number of thiophene rings is 1. The number of amidine groups is 1. The van der Waals surface area contributed by atoms with Crippen LogP contribution in [0.1, 0.15) is 31.2 Å². The Morgan fingerprint density at radius 2 is 1.78 bits per heavy atom. The van der Waals surface area contributed by atoms with Crippen LogP contribution in [0.15, 0.2) is 58.5 Å². The molecule has 1 saturated heterocycles. The van der Waals surface area contributed by atoms with E-state index in [1.807, 2.05) is 35.3 Å². The van der Waals surface area contributed by atoms with Crippen LogP contribution in [0.5, 0.6) is 0 Å². The van der Waals surface area contributed by atoms with Crippen molar-refractivity contribution in [3.63, 3.8) is 0 Å². The highest BCUT2D eigenvalue weighted by Gasteiger charge is 2.19. The Morgan fingerprint density at radius 3 is 2.47 bits per heavy atom. The van der Waals surface area contributed by atoms with Crippen molar-refractivity contribution in [2.75, 3.05) is 29.9 Å². The Hall–Kier alpha value is -2.49. The fraction of sp³-hybridized carbons (Fsp3) is 0.217. The lowest BCUT2D eigenvalue weighted by molar-refractivity contribution is 0.0993. The topological polar surface area (TPSA) is 86.1 Å². The van der Waals surface area contributed by atoms with Gasteiger partial charge in [-0.2, -0.15) is 11.8 Å². The molecule has 2 aromatic heterocycles. The lowest BCUT2D eigenvalue weighted by Crippen LogP contribution is -2.37. The largest absolute Gasteiger partial charge is 0.355 e. The number of benzene rings is 1. The number of nitrogens with zero attached hydrogens (tertiary/aromatic N) is 2. The molecule has 6 nitrogen and oxygen atoms in total. The van der Waals surface area contributed by atoms with Crippen molar-refractivity contribution >= 4 is 62.4 Å². The number of hydrogen-bond donors (Lipinski definition) is 2. The van der Waals surface area contributed by atoms with Gasteiger partial charge in [0.2, 0.25) is 0 Å². The molecule has 0 atom stereocenters. The number of halogens is 1. The summed E-state index contributed by atoms with van der Waals surface area (Å²) in [6.07, 6.45) is 1.75. The van der Waals surface area contributed by atoms with Crippen LogP contribution in [0.4, 0.5) is 5.82 Å². The van der Waals surface area contributed by atoms with Crippen molar-refractivity contribution in [1.82, 2.24) is 9.88 Å². The van der Waals surface area contributed by atoms with E-state index in [0.29, 0.717) is 27.7 Å². The number of pyridine rings is 1. The summed E-state index contributed by atoms with van der Waals surface area (Å²) in [6.45, 7) is 1.76. The number of carbonyl (C=O) groups excluding carboxylic acids is 2. The summed E-state index contributed by atoms with van der Waals surface area (Å²) in [7, 11) is 0. The van der Waals surface area contributed by atoms with Crippen LogP contribution >= 0.6 is 39.0 Å². The number of aromatic nitrogens is 1. The number of hydrogen-bond acceptors (Lipinski definition) is 6. The minimum absolute atomic E-state index is 0.0633. The van der Waals surface area contributed by atoms with E-state index in [0.717, 1.165) is 34.6 Å². The van der Waals surface area contributed by atoms with Crippen molar-refractivity contribution < 1.29 is 9.59 Å².